The summed E-state index contributed by atoms with van der Waals surface area (Å²) in [5.41, 5.74) is 1.88. The number of imidazole rings is 1. The van der Waals surface area contributed by atoms with Crippen LogP contribution in [0.25, 0.3) is 11.0 Å². The zero-order valence-corrected chi connectivity index (χ0v) is 15.7. The first-order valence-electron chi connectivity index (χ1n) is 9.28. The van der Waals surface area contributed by atoms with Crippen LogP contribution in [0.2, 0.25) is 0 Å². The van der Waals surface area contributed by atoms with Crippen molar-refractivity contribution in [3.05, 3.63) is 52.6 Å². The molecule has 26 heavy (non-hydrogen) atoms. The average molecular weight is 354 g/mol. The molecule has 0 aliphatic carbocycles. The van der Waals surface area contributed by atoms with Gasteiger partial charge < -0.3 is 9.40 Å². The predicted octanol–water partition coefficient (Wildman–Crippen LogP) is 3.45. The number of hydrogen-bond donors (Lipinski definition) is 1. The minimum atomic E-state index is -0.0191. The fraction of sp³-hybridized carbons (Fsp3) is 0.500. The molecule has 1 aromatic carbocycles. The smallest absolute Gasteiger partial charge is 0.326 e. The van der Waals surface area contributed by atoms with Gasteiger partial charge in [-0.25, -0.2) is 9.78 Å². The Morgan fingerprint density at radius 2 is 1.96 bits per heavy atom. The maximum atomic E-state index is 12.4. The normalized spacial score (nSPS) is 17.2. The second-order valence-corrected chi connectivity index (χ2v) is 8.19. The van der Waals surface area contributed by atoms with Crippen LogP contribution in [0, 0.1) is 0 Å². The van der Waals surface area contributed by atoms with Gasteiger partial charge in [-0.05, 0) is 25.0 Å². The van der Waals surface area contributed by atoms with Crippen LogP contribution in [0.1, 0.15) is 51.3 Å². The molecular weight excluding hydrogens is 328 g/mol. The molecule has 0 amide bonds. The molecule has 0 radical (unpaired) electrons. The first kappa shape index (κ1) is 17.1. The van der Waals surface area contributed by atoms with E-state index in [1.165, 1.54) is 0 Å². The molecular formula is C20H26N4O2. The summed E-state index contributed by atoms with van der Waals surface area (Å²) in [5.74, 6) is 1.70. The number of hydrogen-bond acceptors (Lipinski definition) is 4. The summed E-state index contributed by atoms with van der Waals surface area (Å²) >= 11 is 0. The van der Waals surface area contributed by atoms with Gasteiger partial charge >= 0.3 is 5.69 Å². The predicted molar refractivity (Wildman–Crippen MR) is 101 cm³/mol. The van der Waals surface area contributed by atoms with Gasteiger partial charge in [0.1, 0.15) is 5.76 Å². The van der Waals surface area contributed by atoms with E-state index < -0.39 is 0 Å². The molecule has 3 aromatic rings. The molecule has 6 nitrogen and oxygen atoms in total. The van der Waals surface area contributed by atoms with Gasteiger partial charge in [-0.1, -0.05) is 32.9 Å². The molecule has 1 aliphatic heterocycles. The Morgan fingerprint density at radius 3 is 2.65 bits per heavy atom. The van der Waals surface area contributed by atoms with Gasteiger partial charge in [0.15, 0.2) is 0 Å². The molecule has 0 unspecified atom stereocenters. The number of benzene rings is 1. The highest BCUT2D eigenvalue weighted by atomic mass is 16.4. The summed E-state index contributed by atoms with van der Waals surface area (Å²) in [7, 11) is 0. The van der Waals surface area contributed by atoms with Crippen LogP contribution in [-0.4, -0.2) is 32.5 Å². The lowest BCUT2D eigenvalue weighted by Gasteiger charge is -2.31. The summed E-state index contributed by atoms with van der Waals surface area (Å²) < 4.78 is 7.84. The van der Waals surface area contributed by atoms with E-state index in [9.17, 15) is 4.79 Å². The highest BCUT2D eigenvalue weighted by Crippen LogP contribution is 2.27. The number of nitrogens with zero attached hydrogens (tertiary/aromatic N) is 3. The van der Waals surface area contributed by atoms with Crippen LogP contribution < -0.4 is 5.69 Å². The van der Waals surface area contributed by atoms with Gasteiger partial charge in [-0.3, -0.25) is 9.47 Å². The van der Waals surface area contributed by atoms with E-state index in [2.05, 4.69) is 35.6 Å². The molecule has 0 bridgehead atoms. The van der Waals surface area contributed by atoms with E-state index >= 15 is 0 Å². The van der Waals surface area contributed by atoms with E-state index in [1.807, 2.05) is 35.0 Å². The van der Waals surface area contributed by atoms with Gasteiger partial charge in [0.05, 0.1) is 23.8 Å². The summed E-state index contributed by atoms with van der Waals surface area (Å²) in [4.78, 5) is 22.1. The molecule has 6 heteroatoms. The monoisotopic (exact) mass is 354 g/mol. The van der Waals surface area contributed by atoms with Crippen LogP contribution in [0.4, 0.5) is 0 Å². The molecule has 138 valence electrons. The Kier molecular flexibility index (Phi) is 4.23. The fourth-order valence-corrected chi connectivity index (χ4v) is 3.69. The van der Waals surface area contributed by atoms with Crippen molar-refractivity contribution in [2.24, 2.45) is 0 Å². The Bertz CT molecular complexity index is 952. The molecule has 0 atom stereocenters. The minimum absolute atomic E-state index is 0.00725. The van der Waals surface area contributed by atoms with E-state index in [0.29, 0.717) is 0 Å². The van der Waals surface area contributed by atoms with Gasteiger partial charge in [0, 0.05) is 24.5 Å². The zero-order valence-electron chi connectivity index (χ0n) is 15.7. The lowest BCUT2D eigenvalue weighted by atomic mass is 9.94. The molecule has 1 fully saturated rings. The number of aromatic nitrogens is 3. The van der Waals surface area contributed by atoms with Crippen molar-refractivity contribution in [3.63, 3.8) is 0 Å². The molecule has 1 N–H and O–H groups in total. The SMILES string of the molecule is CC(C)(C)c1cnc(CN2CCC(n3c(=O)[nH]c4ccccc43)CC2)o1. The van der Waals surface area contributed by atoms with Gasteiger partial charge in [-0.15, -0.1) is 0 Å². The maximum absolute atomic E-state index is 12.4. The van der Waals surface area contributed by atoms with Crippen molar-refractivity contribution in [1.29, 1.82) is 0 Å². The van der Waals surface area contributed by atoms with Crippen molar-refractivity contribution in [1.82, 2.24) is 19.4 Å². The fourth-order valence-electron chi connectivity index (χ4n) is 3.69. The molecule has 1 aliphatic rings. The third-order valence-electron chi connectivity index (χ3n) is 5.20. The summed E-state index contributed by atoms with van der Waals surface area (Å²) in [6.45, 7) is 8.98. The third-order valence-corrected chi connectivity index (χ3v) is 5.20. The zero-order chi connectivity index (χ0) is 18.3. The minimum Gasteiger partial charge on any atom is -0.444 e. The summed E-state index contributed by atoms with van der Waals surface area (Å²) in [6.07, 6.45) is 3.75. The Balaban J connectivity index is 1.43. The third kappa shape index (κ3) is 3.21. The number of aromatic amines is 1. The average Bonchev–Trinajstić information content (AvgIpc) is 3.19. The topological polar surface area (TPSA) is 67.1 Å². The quantitative estimate of drug-likeness (QED) is 0.782. The number of oxazole rings is 1. The van der Waals surface area contributed by atoms with Crippen LogP contribution in [0.3, 0.4) is 0 Å². The van der Waals surface area contributed by atoms with Crippen molar-refractivity contribution in [2.75, 3.05) is 13.1 Å². The summed E-state index contributed by atoms with van der Waals surface area (Å²) in [5, 5.41) is 0. The molecule has 0 spiro atoms. The van der Waals surface area contributed by atoms with Crippen molar-refractivity contribution < 1.29 is 4.42 Å². The number of fused-ring (bicyclic) bond motifs is 1. The van der Waals surface area contributed by atoms with Gasteiger partial charge in [0.25, 0.3) is 0 Å². The van der Waals surface area contributed by atoms with Crippen molar-refractivity contribution >= 4 is 11.0 Å². The van der Waals surface area contributed by atoms with Crippen LogP contribution in [0.5, 0.6) is 0 Å². The molecule has 4 rings (SSSR count). The maximum Gasteiger partial charge on any atom is 0.326 e. The number of piperidine rings is 1. The number of rotatable bonds is 3. The Hall–Kier alpha value is -2.34. The molecule has 2 aromatic heterocycles. The molecule has 3 heterocycles. The lowest BCUT2D eigenvalue weighted by molar-refractivity contribution is 0.164. The number of nitrogens with one attached hydrogen (secondary N) is 1. The second-order valence-electron chi connectivity index (χ2n) is 8.19. The van der Waals surface area contributed by atoms with E-state index in [1.54, 1.807) is 0 Å². The highest BCUT2D eigenvalue weighted by molar-refractivity contribution is 5.75. The highest BCUT2D eigenvalue weighted by Gasteiger charge is 2.25. The lowest BCUT2D eigenvalue weighted by Crippen LogP contribution is -2.36. The van der Waals surface area contributed by atoms with Crippen LogP contribution >= 0.6 is 0 Å². The van der Waals surface area contributed by atoms with Crippen molar-refractivity contribution in [3.8, 4) is 0 Å². The first-order valence-corrected chi connectivity index (χ1v) is 9.28. The second kappa shape index (κ2) is 6.43. The number of likely N-dealkylation sites (tertiary alicyclic amines) is 1. The summed E-state index contributed by atoms with van der Waals surface area (Å²) in [6, 6.07) is 8.15. The Labute approximate surface area is 152 Å². The first-order chi connectivity index (χ1) is 12.4. The van der Waals surface area contributed by atoms with E-state index in [-0.39, 0.29) is 17.1 Å². The number of H-pyrrole nitrogens is 1. The largest absolute Gasteiger partial charge is 0.444 e. The van der Waals surface area contributed by atoms with Gasteiger partial charge in [0.2, 0.25) is 5.89 Å². The molecule has 0 saturated carbocycles. The van der Waals surface area contributed by atoms with E-state index in [0.717, 1.165) is 55.2 Å². The van der Waals surface area contributed by atoms with Crippen LogP contribution in [0.15, 0.2) is 39.7 Å². The molecule has 1 saturated heterocycles. The van der Waals surface area contributed by atoms with Gasteiger partial charge in [-0.2, -0.15) is 0 Å². The van der Waals surface area contributed by atoms with Crippen LogP contribution in [-0.2, 0) is 12.0 Å². The van der Waals surface area contributed by atoms with Crippen molar-refractivity contribution in [2.45, 2.75) is 51.6 Å². The van der Waals surface area contributed by atoms with E-state index in [4.69, 9.17) is 4.42 Å². The standard InChI is InChI=1S/C20H26N4O2/c1-20(2,3)17-12-21-18(26-17)13-23-10-8-14(9-11-23)24-16-7-5-4-6-15(16)22-19(24)25/h4-7,12,14H,8-11,13H2,1-3H3,(H,22,25). The Morgan fingerprint density at radius 1 is 1.23 bits per heavy atom. The number of para-hydroxylation sites is 2.